The molecule has 0 saturated carbocycles. The Morgan fingerprint density at radius 1 is 1.25 bits per heavy atom. The van der Waals surface area contributed by atoms with Gasteiger partial charge >= 0.3 is 0 Å². The molecule has 7 heteroatoms. The van der Waals surface area contributed by atoms with Gasteiger partial charge in [-0.3, -0.25) is 14.9 Å². The van der Waals surface area contributed by atoms with E-state index < -0.39 is 23.1 Å². The SMILES string of the molecule is CC(=O)c1sc(NC(=O)c2c(F)cccc2F)nc1C. The fourth-order valence-corrected chi connectivity index (χ4v) is 2.51. The summed E-state index contributed by atoms with van der Waals surface area (Å²) in [7, 11) is 0. The highest BCUT2D eigenvalue weighted by atomic mass is 32.1. The van der Waals surface area contributed by atoms with Crippen molar-refractivity contribution in [2.24, 2.45) is 0 Å². The van der Waals surface area contributed by atoms with E-state index in [2.05, 4.69) is 10.3 Å². The fourth-order valence-electron chi connectivity index (χ4n) is 1.65. The van der Waals surface area contributed by atoms with Crippen molar-refractivity contribution in [1.82, 2.24) is 4.98 Å². The molecule has 1 N–H and O–H groups in total. The fraction of sp³-hybridized carbons (Fsp3) is 0.154. The third kappa shape index (κ3) is 2.72. The Balaban J connectivity index is 2.28. The number of anilines is 1. The maximum Gasteiger partial charge on any atom is 0.263 e. The molecule has 0 aliphatic heterocycles. The second kappa shape index (κ2) is 5.46. The number of carbonyl (C=O) groups excluding carboxylic acids is 2. The van der Waals surface area contributed by atoms with Crippen LogP contribution in [0.15, 0.2) is 18.2 Å². The first-order chi connectivity index (χ1) is 9.40. The van der Waals surface area contributed by atoms with E-state index in [0.717, 1.165) is 23.5 Å². The Bertz CT molecular complexity index is 677. The van der Waals surface area contributed by atoms with Crippen LogP contribution in [0.5, 0.6) is 0 Å². The molecule has 2 aromatic rings. The maximum atomic E-state index is 13.4. The van der Waals surface area contributed by atoms with Gasteiger partial charge in [0.25, 0.3) is 5.91 Å². The molecule has 0 radical (unpaired) electrons. The van der Waals surface area contributed by atoms with E-state index in [1.54, 1.807) is 6.92 Å². The normalized spacial score (nSPS) is 10.4. The van der Waals surface area contributed by atoms with Crippen molar-refractivity contribution in [3.63, 3.8) is 0 Å². The quantitative estimate of drug-likeness (QED) is 0.885. The topological polar surface area (TPSA) is 59.1 Å². The Labute approximate surface area is 117 Å². The number of nitrogens with one attached hydrogen (secondary N) is 1. The summed E-state index contributed by atoms with van der Waals surface area (Å²) >= 11 is 0.965. The lowest BCUT2D eigenvalue weighted by molar-refractivity contribution is 0.101. The third-order valence-electron chi connectivity index (χ3n) is 2.53. The molecule has 1 heterocycles. The molecule has 1 aromatic heterocycles. The van der Waals surface area contributed by atoms with Crippen molar-refractivity contribution in [2.45, 2.75) is 13.8 Å². The molecular weight excluding hydrogens is 286 g/mol. The van der Waals surface area contributed by atoms with Crippen molar-refractivity contribution >= 4 is 28.2 Å². The molecule has 0 aliphatic carbocycles. The molecule has 0 spiro atoms. The summed E-state index contributed by atoms with van der Waals surface area (Å²) in [6, 6.07) is 3.15. The smallest absolute Gasteiger partial charge is 0.263 e. The zero-order chi connectivity index (χ0) is 14.9. The predicted molar refractivity (Wildman–Crippen MR) is 71.2 cm³/mol. The first kappa shape index (κ1) is 14.3. The van der Waals surface area contributed by atoms with E-state index >= 15 is 0 Å². The standard InChI is InChI=1S/C13H10F2N2O2S/c1-6-11(7(2)18)20-13(16-6)17-12(19)10-8(14)4-3-5-9(10)15/h3-5H,1-2H3,(H,16,17,19). The van der Waals surface area contributed by atoms with Crippen molar-refractivity contribution in [1.29, 1.82) is 0 Å². The first-order valence-electron chi connectivity index (χ1n) is 5.64. The molecule has 1 aromatic carbocycles. The van der Waals surface area contributed by atoms with Gasteiger partial charge in [-0.25, -0.2) is 13.8 Å². The van der Waals surface area contributed by atoms with E-state index in [1.165, 1.54) is 13.0 Å². The molecule has 4 nitrogen and oxygen atoms in total. The molecule has 0 unspecified atom stereocenters. The van der Waals surface area contributed by atoms with Crippen LogP contribution >= 0.6 is 11.3 Å². The van der Waals surface area contributed by atoms with Crippen LogP contribution in [0.25, 0.3) is 0 Å². The number of benzene rings is 1. The van der Waals surface area contributed by atoms with Gasteiger partial charge in [-0.05, 0) is 19.1 Å². The number of carbonyl (C=O) groups is 2. The van der Waals surface area contributed by atoms with Gasteiger partial charge in [-0.1, -0.05) is 17.4 Å². The van der Waals surface area contributed by atoms with Gasteiger partial charge in [-0.15, -0.1) is 0 Å². The summed E-state index contributed by atoms with van der Waals surface area (Å²) < 4.78 is 26.9. The number of Topliss-reactive ketones (excluding diaryl/α,β-unsaturated/α-hetero) is 1. The number of halogens is 2. The molecule has 104 valence electrons. The Hall–Kier alpha value is -2.15. The summed E-state index contributed by atoms with van der Waals surface area (Å²) in [4.78, 5) is 27.5. The van der Waals surface area contributed by atoms with Gasteiger partial charge in [0.15, 0.2) is 10.9 Å². The summed E-state index contributed by atoms with van der Waals surface area (Å²) in [6.07, 6.45) is 0. The summed E-state index contributed by atoms with van der Waals surface area (Å²) in [5, 5.41) is 2.42. The predicted octanol–water partition coefficient (Wildman–Crippen LogP) is 3.18. The van der Waals surface area contributed by atoms with Crippen molar-refractivity contribution in [3.05, 3.63) is 46.0 Å². The highest BCUT2D eigenvalue weighted by Crippen LogP contribution is 2.24. The van der Waals surface area contributed by atoms with Crippen molar-refractivity contribution in [3.8, 4) is 0 Å². The minimum absolute atomic E-state index is 0.125. The van der Waals surface area contributed by atoms with Gasteiger partial charge in [0.05, 0.1) is 10.6 Å². The molecular formula is C13H10F2N2O2S. The maximum absolute atomic E-state index is 13.4. The molecule has 2 rings (SSSR count). The van der Waals surface area contributed by atoms with Crippen LogP contribution in [0.2, 0.25) is 0 Å². The van der Waals surface area contributed by atoms with Crippen LogP contribution in [0, 0.1) is 18.6 Å². The highest BCUT2D eigenvalue weighted by Gasteiger charge is 2.19. The van der Waals surface area contributed by atoms with Crippen LogP contribution in [0.3, 0.4) is 0 Å². The number of aryl methyl sites for hydroxylation is 1. The second-order valence-electron chi connectivity index (χ2n) is 4.04. The average molecular weight is 296 g/mol. The van der Waals surface area contributed by atoms with Gasteiger partial charge in [-0.2, -0.15) is 0 Å². The third-order valence-corrected chi connectivity index (χ3v) is 3.70. The molecule has 1 amide bonds. The number of rotatable bonds is 3. The molecule has 0 saturated heterocycles. The van der Waals surface area contributed by atoms with Gasteiger partial charge in [0.2, 0.25) is 0 Å². The number of aromatic nitrogens is 1. The highest BCUT2D eigenvalue weighted by molar-refractivity contribution is 7.17. The van der Waals surface area contributed by atoms with Crippen molar-refractivity contribution in [2.75, 3.05) is 5.32 Å². The molecule has 0 bridgehead atoms. The number of hydrogen-bond donors (Lipinski definition) is 1. The lowest BCUT2D eigenvalue weighted by Crippen LogP contribution is -2.15. The van der Waals surface area contributed by atoms with Crippen LogP contribution < -0.4 is 5.32 Å². The van der Waals surface area contributed by atoms with Gasteiger partial charge < -0.3 is 0 Å². The van der Waals surface area contributed by atoms with E-state index in [0.29, 0.717) is 10.6 Å². The van der Waals surface area contributed by atoms with Crippen LogP contribution in [-0.4, -0.2) is 16.7 Å². The lowest BCUT2D eigenvalue weighted by atomic mass is 10.2. The zero-order valence-corrected chi connectivity index (χ0v) is 11.5. The van der Waals surface area contributed by atoms with Gasteiger partial charge in [0, 0.05) is 6.92 Å². The zero-order valence-electron chi connectivity index (χ0n) is 10.7. The van der Waals surface area contributed by atoms with Crippen LogP contribution in [0.1, 0.15) is 32.6 Å². The molecule has 0 aliphatic rings. The van der Waals surface area contributed by atoms with Crippen LogP contribution in [-0.2, 0) is 0 Å². The Morgan fingerprint density at radius 2 is 1.85 bits per heavy atom. The summed E-state index contributed by atoms with van der Waals surface area (Å²) in [6.45, 7) is 3.00. The monoisotopic (exact) mass is 296 g/mol. The largest absolute Gasteiger partial charge is 0.298 e. The molecule has 20 heavy (non-hydrogen) atoms. The van der Waals surface area contributed by atoms with E-state index in [4.69, 9.17) is 0 Å². The average Bonchev–Trinajstić information content (AvgIpc) is 2.70. The Kier molecular flexibility index (Phi) is 3.89. The molecule has 0 fully saturated rings. The second-order valence-corrected chi connectivity index (χ2v) is 5.04. The lowest BCUT2D eigenvalue weighted by Gasteiger charge is -2.03. The van der Waals surface area contributed by atoms with E-state index in [1.807, 2.05) is 0 Å². The van der Waals surface area contributed by atoms with Gasteiger partial charge in [0.1, 0.15) is 17.2 Å². The minimum atomic E-state index is -0.956. The molecule has 0 atom stereocenters. The summed E-state index contributed by atoms with van der Waals surface area (Å²) in [5.41, 5.74) is -0.212. The van der Waals surface area contributed by atoms with E-state index in [9.17, 15) is 18.4 Å². The number of amides is 1. The summed E-state index contributed by atoms with van der Waals surface area (Å²) in [5.74, 6) is -3.04. The van der Waals surface area contributed by atoms with E-state index in [-0.39, 0.29) is 10.9 Å². The number of ketones is 1. The number of hydrogen-bond acceptors (Lipinski definition) is 4. The first-order valence-corrected chi connectivity index (χ1v) is 6.45. The Morgan fingerprint density at radius 3 is 2.35 bits per heavy atom. The number of thiazole rings is 1. The van der Waals surface area contributed by atoms with Crippen molar-refractivity contribution < 1.29 is 18.4 Å². The van der Waals surface area contributed by atoms with Crippen LogP contribution in [0.4, 0.5) is 13.9 Å². The number of nitrogens with zero attached hydrogens (tertiary/aromatic N) is 1. The minimum Gasteiger partial charge on any atom is -0.298 e.